The number of amides is 1. The molecule has 8 heteroatoms. The first kappa shape index (κ1) is 16.7. The molecule has 0 aliphatic carbocycles. The highest BCUT2D eigenvalue weighted by Crippen LogP contribution is 2.15. The minimum Gasteiger partial charge on any atom is -0.350 e. The van der Waals surface area contributed by atoms with Gasteiger partial charge in [0.15, 0.2) is 0 Å². The van der Waals surface area contributed by atoms with Crippen molar-refractivity contribution in [3.8, 4) is 11.3 Å². The van der Waals surface area contributed by atoms with Crippen molar-refractivity contribution < 1.29 is 13.6 Å². The number of alkyl halides is 2. The molecule has 2 heterocycles. The van der Waals surface area contributed by atoms with Gasteiger partial charge in [0.2, 0.25) is 0 Å². The standard InChI is InChI=1S/C17H15F2N5O/c18-17(19)24-11-8-14(23-24)16(25)21-10-7-15-20-9-6-13(22-15)12-4-2-1-3-5-12/h1-6,8-9,11,17H,7,10H2,(H,21,25). The molecular formula is C17H15F2N5O. The van der Waals surface area contributed by atoms with Gasteiger partial charge in [0.25, 0.3) is 5.91 Å². The van der Waals surface area contributed by atoms with Crippen LogP contribution in [0.2, 0.25) is 0 Å². The van der Waals surface area contributed by atoms with Gasteiger partial charge in [-0.1, -0.05) is 30.3 Å². The SMILES string of the molecule is O=C(NCCc1nccc(-c2ccccc2)n1)c1ccn(C(F)F)n1. The van der Waals surface area contributed by atoms with Gasteiger partial charge in [-0.05, 0) is 12.1 Å². The fraction of sp³-hybridized carbons (Fsp3) is 0.176. The van der Waals surface area contributed by atoms with Gasteiger partial charge in [0.1, 0.15) is 11.5 Å². The van der Waals surface area contributed by atoms with E-state index in [1.54, 1.807) is 6.20 Å². The molecule has 0 aliphatic heterocycles. The number of hydrogen-bond donors (Lipinski definition) is 1. The third kappa shape index (κ3) is 4.23. The van der Waals surface area contributed by atoms with Gasteiger partial charge in [0, 0.05) is 30.9 Å². The molecule has 0 atom stereocenters. The van der Waals surface area contributed by atoms with E-state index in [9.17, 15) is 13.6 Å². The Morgan fingerprint density at radius 1 is 1.16 bits per heavy atom. The highest BCUT2D eigenvalue weighted by Gasteiger charge is 2.13. The van der Waals surface area contributed by atoms with E-state index in [2.05, 4.69) is 20.4 Å². The summed E-state index contributed by atoms with van der Waals surface area (Å²) in [6.07, 6.45) is 3.14. The van der Waals surface area contributed by atoms with Crippen molar-refractivity contribution >= 4 is 5.91 Å². The average molecular weight is 343 g/mol. The summed E-state index contributed by atoms with van der Waals surface area (Å²) < 4.78 is 25.3. The van der Waals surface area contributed by atoms with Crippen LogP contribution < -0.4 is 5.32 Å². The number of benzene rings is 1. The van der Waals surface area contributed by atoms with Gasteiger partial charge in [0.05, 0.1) is 5.69 Å². The van der Waals surface area contributed by atoms with Gasteiger partial charge >= 0.3 is 6.55 Å². The van der Waals surface area contributed by atoms with Gasteiger partial charge in [-0.25, -0.2) is 14.6 Å². The predicted molar refractivity (Wildman–Crippen MR) is 87.0 cm³/mol. The molecule has 0 radical (unpaired) electrons. The van der Waals surface area contributed by atoms with Crippen molar-refractivity contribution in [2.45, 2.75) is 13.0 Å². The molecule has 1 N–H and O–H groups in total. The zero-order valence-corrected chi connectivity index (χ0v) is 13.1. The van der Waals surface area contributed by atoms with E-state index in [0.29, 0.717) is 16.9 Å². The zero-order chi connectivity index (χ0) is 17.6. The number of hydrogen-bond acceptors (Lipinski definition) is 4. The fourth-order valence-electron chi connectivity index (χ4n) is 2.24. The Morgan fingerprint density at radius 3 is 2.68 bits per heavy atom. The second kappa shape index (κ2) is 7.61. The molecule has 0 spiro atoms. The molecule has 0 saturated carbocycles. The van der Waals surface area contributed by atoms with Crippen molar-refractivity contribution in [1.82, 2.24) is 25.1 Å². The molecule has 2 aromatic heterocycles. The molecule has 1 amide bonds. The lowest BCUT2D eigenvalue weighted by molar-refractivity contribution is 0.0560. The Hall–Kier alpha value is -3.16. The smallest absolute Gasteiger partial charge is 0.333 e. The molecule has 0 aliphatic rings. The molecule has 0 bridgehead atoms. The van der Waals surface area contributed by atoms with Crippen molar-refractivity contribution in [2.24, 2.45) is 0 Å². The molecule has 6 nitrogen and oxygen atoms in total. The summed E-state index contributed by atoms with van der Waals surface area (Å²) in [5.74, 6) is 0.0679. The second-order valence-electron chi connectivity index (χ2n) is 5.19. The van der Waals surface area contributed by atoms with Crippen LogP contribution in [-0.2, 0) is 6.42 Å². The zero-order valence-electron chi connectivity index (χ0n) is 13.1. The Labute approximate surface area is 142 Å². The highest BCUT2D eigenvalue weighted by atomic mass is 19.3. The molecule has 0 saturated heterocycles. The molecule has 25 heavy (non-hydrogen) atoms. The lowest BCUT2D eigenvalue weighted by Gasteiger charge is -2.05. The monoisotopic (exact) mass is 343 g/mol. The van der Waals surface area contributed by atoms with E-state index in [-0.39, 0.29) is 12.2 Å². The summed E-state index contributed by atoms with van der Waals surface area (Å²) in [7, 11) is 0. The van der Waals surface area contributed by atoms with Gasteiger partial charge < -0.3 is 5.32 Å². The molecule has 3 rings (SSSR count). The number of nitrogens with one attached hydrogen (secondary N) is 1. The summed E-state index contributed by atoms with van der Waals surface area (Å²) in [4.78, 5) is 20.5. The van der Waals surface area contributed by atoms with E-state index in [1.807, 2.05) is 36.4 Å². The van der Waals surface area contributed by atoms with Crippen LogP contribution in [0.15, 0.2) is 54.9 Å². The number of carbonyl (C=O) groups is 1. The van der Waals surface area contributed by atoms with Crippen molar-refractivity contribution in [2.75, 3.05) is 6.54 Å². The first-order chi connectivity index (χ1) is 12.1. The van der Waals surface area contributed by atoms with Crippen LogP contribution in [0.1, 0.15) is 22.9 Å². The molecule has 0 unspecified atom stereocenters. The topological polar surface area (TPSA) is 72.7 Å². The third-order valence-corrected chi connectivity index (χ3v) is 3.45. The first-order valence-corrected chi connectivity index (χ1v) is 7.62. The Bertz CT molecular complexity index is 851. The highest BCUT2D eigenvalue weighted by molar-refractivity contribution is 5.92. The van der Waals surface area contributed by atoms with E-state index >= 15 is 0 Å². The van der Waals surface area contributed by atoms with E-state index in [0.717, 1.165) is 17.5 Å². The van der Waals surface area contributed by atoms with E-state index in [1.165, 1.54) is 6.07 Å². The normalized spacial score (nSPS) is 10.8. The van der Waals surface area contributed by atoms with Crippen LogP contribution in [0.5, 0.6) is 0 Å². The summed E-state index contributed by atoms with van der Waals surface area (Å²) >= 11 is 0. The summed E-state index contributed by atoms with van der Waals surface area (Å²) in [5, 5.41) is 6.13. The summed E-state index contributed by atoms with van der Waals surface area (Å²) in [5.41, 5.74) is 1.72. The number of carbonyl (C=O) groups excluding carboxylic acids is 1. The number of halogens is 2. The Kier molecular flexibility index (Phi) is 5.08. The largest absolute Gasteiger partial charge is 0.350 e. The van der Waals surface area contributed by atoms with Crippen LogP contribution in [0, 0.1) is 0 Å². The minimum absolute atomic E-state index is 0.0562. The van der Waals surface area contributed by atoms with Crippen molar-refractivity contribution in [3.05, 3.63) is 66.4 Å². The quantitative estimate of drug-likeness (QED) is 0.747. The van der Waals surface area contributed by atoms with Crippen LogP contribution in [0.4, 0.5) is 8.78 Å². The number of aromatic nitrogens is 4. The summed E-state index contributed by atoms with van der Waals surface area (Å²) in [6.45, 7) is -2.49. The predicted octanol–water partition coefficient (Wildman–Crippen LogP) is 2.71. The second-order valence-corrected chi connectivity index (χ2v) is 5.19. The van der Waals surface area contributed by atoms with E-state index in [4.69, 9.17) is 0 Å². The molecule has 1 aromatic carbocycles. The fourth-order valence-corrected chi connectivity index (χ4v) is 2.24. The molecule has 128 valence electrons. The maximum absolute atomic E-state index is 12.4. The van der Waals surface area contributed by atoms with Gasteiger partial charge in [-0.15, -0.1) is 0 Å². The Balaban J connectivity index is 1.57. The Morgan fingerprint density at radius 2 is 1.96 bits per heavy atom. The van der Waals surface area contributed by atoms with Gasteiger partial charge in [-0.2, -0.15) is 13.9 Å². The van der Waals surface area contributed by atoms with Crippen LogP contribution in [0.25, 0.3) is 11.3 Å². The number of nitrogens with zero attached hydrogens (tertiary/aromatic N) is 4. The van der Waals surface area contributed by atoms with Crippen LogP contribution in [0.3, 0.4) is 0 Å². The number of rotatable bonds is 6. The van der Waals surface area contributed by atoms with Crippen molar-refractivity contribution in [3.63, 3.8) is 0 Å². The lowest BCUT2D eigenvalue weighted by Crippen LogP contribution is -2.26. The minimum atomic E-state index is -2.77. The van der Waals surface area contributed by atoms with E-state index < -0.39 is 12.5 Å². The molecule has 3 aromatic rings. The van der Waals surface area contributed by atoms with Gasteiger partial charge in [-0.3, -0.25) is 4.79 Å². The van der Waals surface area contributed by atoms with Crippen LogP contribution in [-0.4, -0.2) is 32.2 Å². The van der Waals surface area contributed by atoms with Crippen LogP contribution >= 0.6 is 0 Å². The maximum Gasteiger partial charge on any atom is 0.333 e. The first-order valence-electron chi connectivity index (χ1n) is 7.62. The average Bonchev–Trinajstić information content (AvgIpc) is 3.13. The molecular weight excluding hydrogens is 328 g/mol. The molecule has 0 fully saturated rings. The lowest BCUT2D eigenvalue weighted by atomic mass is 10.1. The maximum atomic E-state index is 12.4. The van der Waals surface area contributed by atoms with Crippen molar-refractivity contribution in [1.29, 1.82) is 0 Å². The summed E-state index contributed by atoms with van der Waals surface area (Å²) in [6, 6.07) is 12.7. The third-order valence-electron chi connectivity index (χ3n) is 3.45.